The fourth-order valence-electron chi connectivity index (χ4n) is 4.06. The number of nitrogens with one attached hydrogen (secondary N) is 1. The number of carbonyl (C=O) groups excluding carboxylic acids is 2. The molecule has 2 fully saturated rings. The molecule has 1 aliphatic carbocycles. The quantitative estimate of drug-likeness (QED) is 0.878. The van der Waals surface area contributed by atoms with Gasteiger partial charge < -0.3 is 16.0 Å². The van der Waals surface area contributed by atoms with Crippen LogP contribution in [0.1, 0.15) is 50.1 Å². The summed E-state index contributed by atoms with van der Waals surface area (Å²) in [6.45, 7) is 1.02. The molecule has 0 radical (unpaired) electrons. The second-order valence-electron chi connectivity index (χ2n) is 7.16. The van der Waals surface area contributed by atoms with E-state index in [4.69, 9.17) is 5.73 Å². The van der Waals surface area contributed by atoms with Gasteiger partial charge in [0.1, 0.15) is 5.82 Å². The molecule has 1 aliphatic heterocycles. The van der Waals surface area contributed by atoms with Gasteiger partial charge in [-0.1, -0.05) is 31.0 Å². The van der Waals surface area contributed by atoms with Crippen LogP contribution in [0.15, 0.2) is 24.3 Å². The van der Waals surface area contributed by atoms with Crippen LogP contribution < -0.4 is 11.1 Å². The molecule has 0 aromatic heterocycles. The Kier molecular flexibility index (Phi) is 5.56. The standard InChI is InChI=1S/C19H26FN3O2/c20-16-8-4-3-7-15(16)17(13-5-1-2-6-13)22-19(25)23-11-9-14(10-12-23)18(21)24/h3-4,7-8,13-14,17H,1-2,5-6,9-12H2,(H2,21,24)(H,22,25). The van der Waals surface area contributed by atoms with Crippen molar-refractivity contribution in [2.45, 2.75) is 44.6 Å². The maximum Gasteiger partial charge on any atom is 0.317 e. The van der Waals surface area contributed by atoms with Crippen LogP contribution in [-0.4, -0.2) is 29.9 Å². The van der Waals surface area contributed by atoms with E-state index in [2.05, 4.69) is 5.32 Å². The molecule has 1 atom stereocenters. The first-order chi connectivity index (χ1) is 12.1. The average Bonchev–Trinajstić information content (AvgIpc) is 3.14. The number of rotatable bonds is 4. The second kappa shape index (κ2) is 7.85. The van der Waals surface area contributed by atoms with E-state index in [9.17, 15) is 14.0 Å². The number of hydrogen-bond acceptors (Lipinski definition) is 2. The third-order valence-electron chi connectivity index (χ3n) is 5.58. The molecule has 1 aromatic carbocycles. The van der Waals surface area contributed by atoms with Gasteiger partial charge in [-0.05, 0) is 37.7 Å². The molecule has 2 aliphatic rings. The minimum Gasteiger partial charge on any atom is -0.369 e. The summed E-state index contributed by atoms with van der Waals surface area (Å²) < 4.78 is 14.3. The van der Waals surface area contributed by atoms with Gasteiger partial charge in [0.05, 0.1) is 6.04 Å². The SMILES string of the molecule is NC(=O)C1CCN(C(=O)NC(c2ccccc2F)C2CCCC2)CC1. The van der Waals surface area contributed by atoms with Crippen molar-refractivity contribution in [3.05, 3.63) is 35.6 Å². The third-order valence-corrected chi connectivity index (χ3v) is 5.58. The lowest BCUT2D eigenvalue weighted by molar-refractivity contribution is -0.123. The highest BCUT2D eigenvalue weighted by molar-refractivity contribution is 5.78. The van der Waals surface area contributed by atoms with Crippen LogP contribution in [-0.2, 0) is 4.79 Å². The Hall–Kier alpha value is -2.11. The molecular weight excluding hydrogens is 321 g/mol. The van der Waals surface area contributed by atoms with Crippen LogP contribution in [0.25, 0.3) is 0 Å². The highest BCUT2D eigenvalue weighted by Crippen LogP contribution is 2.36. The number of hydrogen-bond donors (Lipinski definition) is 2. The van der Waals surface area contributed by atoms with Gasteiger partial charge in [0.15, 0.2) is 0 Å². The fraction of sp³-hybridized carbons (Fsp3) is 0.579. The van der Waals surface area contributed by atoms with Gasteiger partial charge in [-0.2, -0.15) is 0 Å². The molecule has 6 heteroatoms. The van der Waals surface area contributed by atoms with Gasteiger partial charge in [-0.3, -0.25) is 4.79 Å². The maximum atomic E-state index is 14.3. The molecule has 1 saturated carbocycles. The van der Waals surface area contributed by atoms with Gasteiger partial charge in [0.25, 0.3) is 0 Å². The van der Waals surface area contributed by atoms with Gasteiger partial charge in [0, 0.05) is 24.6 Å². The normalized spacial score (nSPS) is 20.4. The highest BCUT2D eigenvalue weighted by Gasteiger charge is 2.32. The number of likely N-dealkylation sites (tertiary alicyclic amines) is 1. The summed E-state index contributed by atoms with van der Waals surface area (Å²) >= 11 is 0. The van der Waals surface area contributed by atoms with E-state index < -0.39 is 0 Å². The summed E-state index contributed by atoms with van der Waals surface area (Å²) in [5, 5.41) is 3.06. The number of amides is 3. The Morgan fingerprint density at radius 3 is 2.36 bits per heavy atom. The first-order valence-corrected chi connectivity index (χ1v) is 9.15. The monoisotopic (exact) mass is 347 g/mol. The Balaban J connectivity index is 1.69. The highest BCUT2D eigenvalue weighted by atomic mass is 19.1. The first-order valence-electron chi connectivity index (χ1n) is 9.15. The van der Waals surface area contributed by atoms with Crippen molar-refractivity contribution in [1.29, 1.82) is 0 Å². The third kappa shape index (κ3) is 4.11. The molecular formula is C19H26FN3O2. The maximum absolute atomic E-state index is 14.3. The van der Waals surface area contributed by atoms with Crippen LogP contribution in [0.4, 0.5) is 9.18 Å². The van der Waals surface area contributed by atoms with Gasteiger partial charge in [-0.15, -0.1) is 0 Å². The lowest BCUT2D eigenvalue weighted by atomic mass is 9.91. The van der Waals surface area contributed by atoms with Crippen LogP contribution >= 0.6 is 0 Å². The molecule has 3 rings (SSSR count). The molecule has 136 valence electrons. The minimum absolute atomic E-state index is 0.152. The van der Waals surface area contributed by atoms with E-state index in [-0.39, 0.29) is 35.6 Å². The predicted octanol–water partition coefficient (Wildman–Crippen LogP) is 2.96. The van der Waals surface area contributed by atoms with E-state index in [1.54, 1.807) is 17.0 Å². The summed E-state index contributed by atoms with van der Waals surface area (Å²) in [4.78, 5) is 25.7. The second-order valence-corrected chi connectivity index (χ2v) is 7.16. The van der Waals surface area contributed by atoms with Crippen LogP contribution in [0.5, 0.6) is 0 Å². The zero-order valence-corrected chi connectivity index (χ0v) is 14.4. The fourth-order valence-corrected chi connectivity index (χ4v) is 4.06. The summed E-state index contributed by atoms with van der Waals surface area (Å²) in [6, 6.07) is 6.21. The van der Waals surface area contributed by atoms with Crippen molar-refractivity contribution in [1.82, 2.24) is 10.2 Å². The molecule has 3 N–H and O–H groups in total. The Morgan fingerprint density at radius 2 is 1.76 bits per heavy atom. The predicted molar refractivity (Wildman–Crippen MR) is 93.1 cm³/mol. The van der Waals surface area contributed by atoms with E-state index in [1.807, 2.05) is 6.07 Å². The number of benzene rings is 1. The topological polar surface area (TPSA) is 75.4 Å². The lowest BCUT2D eigenvalue weighted by Gasteiger charge is -2.33. The number of primary amides is 1. The zero-order chi connectivity index (χ0) is 17.8. The smallest absolute Gasteiger partial charge is 0.317 e. The van der Waals surface area contributed by atoms with Crippen LogP contribution in [0, 0.1) is 17.7 Å². The molecule has 0 spiro atoms. The van der Waals surface area contributed by atoms with Crippen LogP contribution in [0.2, 0.25) is 0 Å². The summed E-state index contributed by atoms with van der Waals surface area (Å²) in [6.07, 6.45) is 5.43. The molecule has 1 heterocycles. The average molecular weight is 347 g/mol. The van der Waals surface area contributed by atoms with Crippen molar-refractivity contribution in [2.75, 3.05) is 13.1 Å². The molecule has 25 heavy (non-hydrogen) atoms. The molecule has 1 saturated heterocycles. The molecule has 1 aromatic rings. The molecule has 1 unspecified atom stereocenters. The van der Waals surface area contributed by atoms with Gasteiger partial charge in [-0.25, -0.2) is 9.18 Å². The van der Waals surface area contributed by atoms with Gasteiger partial charge >= 0.3 is 6.03 Å². The molecule has 5 nitrogen and oxygen atoms in total. The summed E-state index contributed by atoms with van der Waals surface area (Å²) in [7, 11) is 0. The summed E-state index contributed by atoms with van der Waals surface area (Å²) in [5.74, 6) is -0.451. The number of nitrogens with zero attached hydrogens (tertiary/aromatic N) is 1. The van der Waals surface area contributed by atoms with Crippen molar-refractivity contribution in [3.63, 3.8) is 0 Å². The number of nitrogens with two attached hydrogens (primary N) is 1. The number of carbonyl (C=O) groups is 2. The number of urea groups is 1. The summed E-state index contributed by atoms with van der Waals surface area (Å²) in [5.41, 5.74) is 5.91. The van der Waals surface area contributed by atoms with E-state index >= 15 is 0 Å². The largest absolute Gasteiger partial charge is 0.369 e. The lowest BCUT2D eigenvalue weighted by Crippen LogP contribution is -2.48. The van der Waals surface area contributed by atoms with Crippen molar-refractivity contribution in [2.24, 2.45) is 17.6 Å². The Labute approximate surface area is 147 Å². The zero-order valence-electron chi connectivity index (χ0n) is 14.4. The molecule has 3 amide bonds. The van der Waals surface area contributed by atoms with E-state index in [0.717, 1.165) is 25.7 Å². The Bertz CT molecular complexity index is 623. The van der Waals surface area contributed by atoms with Crippen molar-refractivity contribution < 1.29 is 14.0 Å². The van der Waals surface area contributed by atoms with Crippen molar-refractivity contribution >= 4 is 11.9 Å². The Morgan fingerprint density at radius 1 is 1.12 bits per heavy atom. The molecule has 0 bridgehead atoms. The minimum atomic E-state index is -0.301. The van der Waals surface area contributed by atoms with Crippen LogP contribution in [0.3, 0.4) is 0 Å². The first kappa shape index (κ1) is 17.7. The number of halogens is 1. The number of piperidine rings is 1. The van der Waals surface area contributed by atoms with E-state index in [1.165, 1.54) is 6.07 Å². The van der Waals surface area contributed by atoms with Crippen molar-refractivity contribution in [3.8, 4) is 0 Å². The van der Waals surface area contributed by atoms with E-state index in [0.29, 0.717) is 31.5 Å². The van der Waals surface area contributed by atoms with Gasteiger partial charge in [0.2, 0.25) is 5.91 Å².